The molecule has 0 amide bonds. The van der Waals surface area contributed by atoms with Crippen molar-refractivity contribution in [3.05, 3.63) is 42.0 Å². The van der Waals surface area contributed by atoms with Gasteiger partial charge in [0.15, 0.2) is 5.65 Å². The number of aromatic nitrogens is 4. The average Bonchev–Trinajstić information content (AvgIpc) is 3.56. The maximum absolute atomic E-state index is 9.06. The maximum atomic E-state index is 9.06. The molecule has 238 valence electrons. The minimum atomic E-state index is -1.21. The number of nitrogens with zero attached hydrogens (tertiary/aromatic N) is 5. The summed E-state index contributed by atoms with van der Waals surface area (Å²) < 4.78 is 14.6. The van der Waals surface area contributed by atoms with Gasteiger partial charge in [-0.3, -0.25) is 0 Å². The third-order valence-corrected chi connectivity index (χ3v) is 12.4. The van der Waals surface area contributed by atoms with Crippen molar-refractivity contribution in [2.24, 2.45) is 11.8 Å². The molecule has 0 spiro atoms. The monoisotopic (exact) mass is 633 g/mol. The Kier molecular flexibility index (Phi) is 10.6. The molecule has 0 aromatic carbocycles. The zero-order valence-electron chi connectivity index (χ0n) is 27.6. The second kappa shape index (κ2) is 14.3. The Labute approximate surface area is 265 Å². The Balaban J connectivity index is 1.51. The lowest BCUT2D eigenvalue weighted by molar-refractivity contribution is 0.0942. The van der Waals surface area contributed by atoms with E-state index in [0.29, 0.717) is 25.1 Å². The number of hydrogen-bond acceptors (Lipinski definition) is 7. The number of fused-ring (bicyclic) bond motifs is 3. The van der Waals surface area contributed by atoms with Crippen molar-refractivity contribution in [3.8, 4) is 23.0 Å². The van der Waals surface area contributed by atoms with Crippen LogP contribution in [0.1, 0.15) is 49.4 Å². The van der Waals surface area contributed by atoms with Crippen LogP contribution in [-0.4, -0.2) is 74.1 Å². The number of ether oxygens (including phenoxy) is 2. The second-order valence-corrected chi connectivity index (χ2v) is 26.4. The fourth-order valence-corrected chi connectivity index (χ4v) is 7.90. The molecule has 0 saturated heterocycles. The fraction of sp³-hybridized carbons (Fsp3) is 0.618. The standard InChI is InChI=1S/C34H51N5O3Si2/c1-43(2,3)16-14-41-24-38(25-42-15-17-44(4,5)6)33-21-32(29-19-26-9-10-27(18-26)20-29)37-34-31(23-36-39(33)34)28-11-12-30(35-22-28)8-7-13-40/h11-12,21-23,26-27,29,40H,9-10,13-20,24-25H2,1-6H3/t26-,27+,29?. The molecule has 3 aromatic heterocycles. The molecule has 0 radical (unpaired) electrons. The van der Waals surface area contributed by atoms with E-state index in [-0.39, 0.29) is 6.61 Å². The van der Waals surface area contributed by atoms with Crippen LogP contribution in [0.5, 0.6) is 0 Å². The molecule has 5 rings (SSSR count). The third kappa shape index (κ3) is 8.79. The van der Waals surface area contributed by atoms with E-state index >= 15 is 0 Å². The molecule has 44 heavy (non-hydrogen) atoms. The first kappa shape index (κ1) is 32.8. The smallest absolute Gasteiger partial charge is 0.165 e. The van der Waals surface area contributed by atoms with Gasteiger partial charge in [0.05, 0.1) is 6.20 Å². The van der Waals surface area contributed by atoms with Crippen molar-refractivity contribution in [3.63, 3.8) is 0 Å². The molecule has 2 saturated carbocycles. The van der Waals surface area contributed by atoms with Crippen molar-refractivity contribution in [2.75, 3.05) is 38.2 Å². The lowest BCUT2D eigenvalue weighted by Gasteiger charge is -2.30. The third-order valence-electron chi connectivity index (χ3n) is 8.96. The maximum Gasteiger partial charge on any atom is 0.165 e. The summed E-state index contributed by atoms with van der Waals surface area (Å²) in [5.41, 5.74) is 4.50. The van der Waals surface area contributed by atoms with E-state index in [4.69, 9.17) is 24.7 Å². The number of pyridine rings is 1. The molecule has 3 heterocycles. The van der Waals surface area contributed by atoms with E-state index in [0.717, 1.165) is 65.4 Å². The van der Waals surface area contributed by atoms with Crippen LogP contribution in [0.2, 0.25) is 51.4 Å². The Morgan fingerprint density at radius 1 is 0.932 bits per heavy atom. The predicted molar refractivity (Wildman–Crippen MR) is 183 cm³/mol. The molecule has 1 N–H and O–H groups in total. The fourth-order valence-electron chi connectivity index (χ4n) is 6.39. The summed E-state index contributed by atoms with van der Waals surface area (Å²) in [5, 5.41) is 13.9. The van der Waals surface area contributed by atoms with Crippen LogP contribution in [0, 0.1) is 23.7 Å². The molecule has 3 aromatic rings. The molecule has 2 fully saturated rings. The molecular weight excluding hydrogens is 583 g/mol. The molecule has 8 nitrogen and oxygen atoms in total. The van der Waals surface area contributed by atoms with E-state index in [1.54, 1.807) is 0 Å². The Morgan fingerprint density at radius 2 is 1.59 bits per heavy atom. The lowest BCUT2D eigenvalue weighted by atomic mass is 9.79. The molecule has 10 heteroatoms. The summed E-state index contributed by atoms with van der Waals surface area (Å²) in [4.78, 5) is 12.0. The van der Waals surface area contributed by atoms with Gasteiger partial charge in [0, 0.05) is 64.4 Å². The zero-order chi connectivity index (χ0) is 31.3. The number of rotatable bonds is 13. The van der Waals surface area contributed by atoms with Crippen LogP contribution >= 0.6 is 0 Å². The predicted octanol–water partition coefficient (Wildman–Crippen LogP) is 6.86. The van der Waals surface area contributed by atoms with Gasteiger partial charge in [-0.2, -0.15) is 9.61 Å². The summed E-state index contributed by atoms with van der Waals surface area (Å²) in [6, 6.07) is 8.40. The minimum Gasteiger partial charge on any atom is -0.384 e. The summed E-state index contributed by atoms with van der Waals surface area (Å²) in [7, 11) is -2.43. The highest BCUT2D eigenvalue weighted by atomic mass is 28.3. The van der Waals surface area contributed by atoms with Gasteiger partial charge in [0.25, 0.3) is 0 Å². The number of anilines is 1. The number of aliphatic hydroxyl groups is 1. The van der Waals surface area contributed by atoms with Crippen molar-refractivity contribution in [1.29, 1.82) is 0 Å². The topological polar surface area (TPSA) is 85.0 Å². The van der Waals surface area contributed by atoms with E-state index in [1.165, 1.54) is 32.1 Å². The van der Waals surface area contributed by atoms with Gasteiger partial charge in [0.2, 0.25) is 0 Å². The van der Waals surface area contributed by atoms with Crippen LogP contribution in [0.4, 0.5) is 5.82 Å². The SMILES string of the molecule is C[Si](C)(C)CCOCN(COCC[Si](C)(C)C)c1cc(C2C[C@H]3CC[C@@H](C2)C3)nc2c(-c3ccc(C#CCO)nc3)cnn12. The Bertz CT molecular complexity index is 1420. The summed E-state index contributed by atoms with van der Waals surface area (Å²) in [6.45, 7) is 16.5. The van der Waals surface area contributed by atoms with Gasteiger partial charge in [-0.15, -0.1) is 0 Å². The van der Waals surface area contributed by atoms with Gasteiger partial charge in [0.1, 0.15) is 31.6 Å². The molecule has 2 bridgehead atoms. The summed E-state index contributed by atoms with van der Waals surface area (Å²) in [6.07, 6.45) is 10.2. The van der Waals surface area contributed by atoms with E-state index < -0.39 is 16.1 Å². The minimum absolute atomic E-state index is 0.184. The molecule has 0 aliphatic heterocycles. The first-order chi connectivity index (χ1) is 21.0. The second-order valence-electron chi connectivity index (χ2n) is 15.2. The first-order valence-electron chi connectivity index (χ1n) is 16.3. The largest absolute Gasteiger partial charge is 0.384 e. The van der Waals surface area contributed by atoms with Crippen LogP contribution in [0.15, 0.2) is 30.6 Å². The molecule has 1 unspecified atom stereocenters. The van der Waals surface area contributed by atoms with Gasteiger partial charge in [-0.25, -0.2) is 9.97 Å². The Hall–Kier alpha value is -2.56. The summed E-state index contributed by atoms with van der Waals surface area (Å²) >= 11 is 0. The highest BCUT2D eigenvalue weighted by Gasteiger charge is 2.36. The lowest BCUT2D eigenvalue weighted by Crippen LogP contribution is -2.33. The normalized spacial score (nSPS) is 20.1. The van der Waals surface area contributed by atoms with Crippen LogP contribution in [-0.2, 0) is 9.47 Å². The quantitative estimate of drug-likeness (QED) is 0.0953. The Morgan fingerprint density at radius 3 is 2.16 bits per heavy atom. The number of aliphatic hydroxyl groups excluding tert-OH is 1. The molecule has 3 atom stereocenters. The van der Waals surface area contributed by atoms with Gasteiger partial charge >= 0.3 is 0 Å². The van der Waals surface area contributed by atoms with E-state index in [1.807, 2.05) is 29.0 Å². The van der Waals surface area contributed by atoms with Crippen molar-refractivity contribution in [1.82, 2.24) is 19.6 Å². The van der Waals surface area contributed by atoms with Gasteiger partial charge < -0.3 is 19.5 Å². The van der Waals surface area contributed by atoms with Crippen molar-refractivity contribution in [2.45, 2.75) is 89.4 Å². The highest BCUT2D eigenvalue weighted by molar-refractivity contribution is 6.76. The highest BCUT2D eigenvalue weighted by Crippen LogP contribution is 2.48. The van der Waals surface area contributed by atoms with Crippen molar-refractivity contribution >= 4 is 27.6 Å². The van der Waals surface area contributed by atoms with E-state index in [2.05, 4.69) is 67.1 Å². The molecule has 2 aliphatic carbocycles. The molecule has 2 aliphatic rings. The van der Waals surface area contributed by atoms with Crippen molar-refractivity contribution < 1.29 is 14.6 Å². The molecular formula is C34H51N5O3Si2. The van der Waals surface area contributed by atoms with Crippen LogP contribution in [0.3, 0.4) is 0 Å². The summed E-state index contributed by atoms with van der Waals surface area (Å²) in [5.74, 6) is 8.60. The van der Waals surface area contributed by atoms with Gasteiger partial charge in [-0.05, 0) is 61.2 Å². The average molecular weight is 634 g/mol. The van der Waals surface area contributed by atoms with Gasteiger partial charge in [-0.1, -0.05) is 58.0 Å². The zero-order valence-corrected chi connectivity index (χ0v) is 29.6. The van der Waals surface area contributed by atoms with Crippen LogP contribution < -0.4 is 4.90 Å². The van der Waals surface area contributed by atoms with E-state index in [9.17, 15) is 0 Å². The van der Waals surface area contributed by atoms with Crippen LogP contribution in [0.25, 0.3) is 16.8 Å². The first-order valence-corrected chi connectivity index (χ1v) is 23.8. The number of hydrogen-bond donors (Lipinski definition) is 1.